The predicted octanol–water partition coefficient (Wildman–Crippen LogP) is 3.10. The monoisotopic (exact) mass is 187 g/mol. The fourth-order valence-electron chi connectivity index (χ4n) is 1.11. The molecule has 12 heavy (non-hydrogen) atoms. The maximum atomic E-state index is 13.1. The maximum absolute atomic E-state index is 13.1. The summed E-state index contributed by atoms with van der Waals surface area (Å²) < 4.78 is 25.9. The van der Waals surface area contributed by atoms with Crippen LogP contribution in [0.5, 0.6) is 0 Å². The van der Waals surface area contributed by atoms with E-state index in [0.717, 1.165) is 0 Å². The van der Waals surface area contributed by atoms with Gasteiger partial charge in [-0.1, -0.05) is 11.6 Å². The fourth-order valence-corrected chi connectivity index (χ4v) is 1.26. The third-order valence-corrected chi connectivity index (χ3v) is 2.04. The molecule has 1 aromatic carbocycles. The smallest absolute Gasteiger partial charge is 0.154 e. The largest absolute Gasteiger partial charge is 0.361 e. The molecule has 0 radical (unpaired) electrons. The quantitative estimate of drug-likeness (QED) is 0.610. The van der Waals surface area contributed by atoms with E-state index in [1.165, 1.54) is 18.3 Å². The van der Waals surface area contributed by atoms with Crippen molar-refractivity contribution in [2.24, 2.45) is 0 Å². The Morgan fingerprint density at radius 3 is 2.83 bits per heavy atom. The number of aromatic nitrogens is 1. The van der Waals surface area contributed by atoms with Crippen LogP contribution in [0.2, 0.25) is 5.02 Å². The van der Waals surface area contributed by atoms with E-state index in [1.807, 2.05) is 0 Å². The van der Waals surface area contributed by atoms with Crippen molar-refractivity contribution in [1.82, 2.24) is 4.98 Å². The molecule has 0 aliphatic rings. The maximum Gasteiger partial charge on any atom is 0.154 e. The van der Waals surface area contributed by atoms with E-state index in [4.69, 9.17) is 11.6 Å². The molecule has 0 spiro atoms. The first-order valence-electron chi connectivity index (χ1n) is 3.30. The Morgan fingerprint density at radius 1 is 1.33 bits per heavy atom. The number of hydrogen-bond acceptors (Lipinski definition) is 0. The van der Waals surface area contributed by atoms with E-state index in [2.05, 4.69) is 4.98 Å². The van der Waals surface area contributed by atoms with Crippen LogP contribution in [0.4, 0.5) is 8.78 Å². The average Bonchev–Trinajstić information content (AvgIpc) is 2.48. The molecule has 2 aromatic rings. The second-order valence-corrected chi connectivity index (χ2v) is 2.80. The second kappa shape index (κ2) is 2.45. The third-order valence-electron chi connectivity index (χ3n) is 1.69. The standard InChI is InChI=1S/C8H4ClF2N/c9-7-5(10)3-6-4(8(7)11)1-2-12-6/h1-3,12H. The Kier molecular flexibility index (Phi) is 1.54. The highest BCUT2D eigenvalue weighted by Gasteiger charge is 2.11. The Bertz CT molecular complexity index is 436. The van der Waals surface area contributed by atoms with Crippen LogP contribution in [0.1, 0.15) is 0 Å². The highest BCUT2D eigenvalue weighted by atomic mass is 35.5. The van der Waals surface area contributed by atoms with Gasteiger partial charge in [-0.3, -0.25) is 0 Å². The first kappa shape index (κ1) is 7.55. The summed E-state index contributed by atoms with van der Waals surface area (Å²) in [6.07, 6.45) is 1.53. The van der Waals surface area contributed by atoms with Crippen molar-refractivity contribution in [3.8, 4) is 0 Å². The molecule has 0 fully saturated rings. The second-order valence-electron chi connectivity index (χ2n) is 2.43. The van der Waals surface area contributed by atoms with Crippen LogP contribution in [-0.4, -0.2) is 4.98 Å². The van der Waals surface area contributed by atoms with Crippen LogP contribution >= 0.6 is 11.6 Å². The SMILES string of the molecule is Fc1cc2[nH]ccc2c(F)c1Cl. The summed E-state index contributed by atoms with van der Waals surface area (Å²) in [6.45, 7) is 0. The molecule has 1 N–H and O–H groups in total. The zero-order valence-corrected chi connectivity index (χ0v) is 6.62. The fraction of sp³-hybridized carbons (Fsp3) is 0. The van der Waals surface area contributed by atoms with Gasteiger partial charge in [0, 0.05) is 11.6 Å². The van der Waals surface area contributed by atoms with Crippen LogP contribution in [0.3, 0.4) is 0 Å². The average molecular weight is 188 g/mol. The van der Waals surface area contributed by atoms with E-state index in [-0.39, 0.29) is 0 Å². The highest BCUT2D eigenvalue weighted by Crippen LogP contribution is 2.26. The van der Waals surface area contributed by atoms with E-state index in [0.29, 0.717) is 10.9 Å². The zero-order valence-electron chi connectivity index (χ0n) is 5.87. The van der Waals surface area contributed by atoms with Gasteiger partial charge in [0.25, 0.3) is 0 Å². The molecule has 1 aromatic heterocycles. The molecule has 0 amide bonds. The van der Waals surface area contributed by atoms with Crippen molar-refractivity contribution in [2.75, 3.05) is 0 Å². The van der Waals surface area contributed by atoms with Gasteiger partial charge in [0.15, 0.2) is 5.82 Å². The number of H-pyrrole nitrogens is 1. The first-order chi connectivity index (χ1) is 5.70. The van der Waals surface area contributed by atoms with Gasteiger partial charge in [0.1, 0.15) is 10.8 Å². The molecule has 0 atom stereocenters. The van der Waals surface area contributed by atoms with Crippen LogP contribution < -0.4 is 0 Å². The lowest BCUT2D eigenvalue weighted by Crippen LogP contribution is -1.84. The zero-order chi connectivity index (χ0) is 8.72. The van der Waals surface area contributed by atoms with Crippen molar-refractivity contribution in [1.29, 1.82) is 0 Å². The Hall–Kier alpha value is -1.09. The number of hydrogen-bond donors (Lipinski definition) is 1. The number of fused-ring (bicyclic) bond motifs is 1. The van der Waals surface area contributed by atoms with Gasteiger partial charge in [-0.15, -0.1) is 0 Å². The number of rotatable bonds is 0. The molecule has 0 aliphatic heterocycles. The van der Waals surface area contributed by atoms with Gasteiger partial charge < -0.3 is 4.98 Å². The van der Waals surface area contributed by atoms with E-state index in [9.17, 15) is 8.78 Å². The van der Waals surface area contributed by atoms with Gasteiger partial charge in [-0.2, -0.15) is 0 Å². The summed E-state index contributed by atoms with van der Waals surface area (Å²) in [6, 6.07) is 2.68. The topological polar surface area (TPSA) is 15.8 Å². The molecule has 1 nitrogen and oxygen atoms in total. The van der Waals surface area contributed by atoms with Crippen LogP contribution in [0.15, 0.2) is 18.3 Å². The van der Waals surface area contributed by atoms with Crippen LogP contribution in [-0.2, 0) is 0 Å². The molecule has 0 bridgehead atoms. The molecule has 0 unspecified atom stereocenters. The van der Waals surface area contributed by atoms with Crippen molar-refractivity contribution in [2.45, 2.75) is 0 Å². The lowest BCUT2D eigenvalue weighted by atomic mass is 10.2. The normalized spacial score (nSPS) is 10.9. The van der Waals surface area contributed by atoms with Crippen molar-refractivity contribution in [3.05, 3.63) is 35.0 Å². The van der Waals surface area contributed by atoms with Gasteiger partial charge in [0.2, 0.25) is 0 Å². The molecule has 62 valence electrons. The molecular weight excluding hydrogens is 184 g/mol. The van der Waals surface area contributed by atoms with E-state index in [1.54, 1.807) is 0 Å². The number of halogens is 3. The molecule has 0 aliphatic carbocycles. The minimum absolute atomic E-state index is 0.307. The van der Waals surface area contributed by atoms with E-state index < -0.39 is 16.7 Å². The molecule has 4 heteroatoms. The number of benzene rings is 1. The van der Waals surface area contributed by atoms with Gasteiger partial charge in [0.05, 0.1) is 5.52 Å². The summed E-state index contributed by atoms with van der Waals surface area (Å²) in [4.78, 5) is 2.69. The predicted molar refractivity (Wildman–Crippen MR) is 43.2 cm³/mol. The highest BCUT2D eigenvalue weighted by molar-refractivity contribution is 6.31. The number of aromatic amines is 1. The summed E-state index contributed by atoms with van der Waals surface area (Å²) in [5.41, 5.74) is 0.411. The Labute approximate surface area is 72.0 Å². The van der Waals surface area contributed by atoms with Gasteiger partial charge in [-0.05, 0) is 12.1 Å². The molecule has 2 rings (SSSR count). The molecule has 0 saturated carbocycles. The molecule has 0 saturated heterocycles. The number of nitrogens with one attached hydrogen (secondary N) is 1. The Balaban J connectivity index is 2.94. The van der Waals surface area contributed by atoms with E-state index >= 15 is 0 Å². The summed E-state index contributed by atoms with van der Waals surface area (Å²) >= 11 is 5.35. The lowest BCUT2D eigenvalue weighted by Gasteiger charge is -1.97. The molecular formula is C8H4ClF2N. The minimum atomic E-state index is -0.746. The lowest BCUT2D eigenvalue weighted by molar-refractivity contribution is 0.593. The third kappa shape index (κ3) is 0.898. The van der Waals surface area contributed by atoms with Crippen LogP contribution in [0.25, 0.3) is 10.9 Å². The summed E-state index contributed by atoms with van der Waals surface area (Å²) in [5.74, 6) is -1.46. The van der Waals surface area contributed by atoms with Crippen molar-refractivity contribution in [3.63, 3.8) is 0 Å². The van der Waals surface area contributed by atoms with Gasteiger partial charge in [-0.25, -0.2) is 8.78 Å². The molecule has 1 heterocycles. The summed E-state index contributed by atoms with van der Waals surface area (Å²) in [7, 11) is 0. The summed E-state index contributed by atoms with van der Waals surface area (Å²) in [5, 5.41) is -0.150. The first-order valence-corrected chi connectivity index (χ1v) is 3.68. The van der Waals surface area contributed by atoms with Gasteiger partial charge >= 0.3 is 0 Å². The Morgan fingerprint density at radius 2 is 2.08 bits per heavy atom. The minimum Gasteiger partial charge on any atom is -0.361 e. The van der Waals surface area contributed by atoms with Crippen molar-refractivity contribution < 1.29 is 8.78 Å². The van der Waals surface area contributed by atoms with Crippen LogP contribution in [0, 0.1) is 11.6 Å². The van der Waals surface area contributed by atoms with Crippen molar-refractivity contribution >= 4 is 22.5 Å².